The summed E-state index contributed by atoms with van der Waals surface area (Å²) in [4.78, 5) is 14.9. The molecule has 0 atom stereocenters. The Labute approximate surface area is 106 Å². The van der Waals surface area contributed by atoms with Crippen LogP contribution in [0.2, 0.25) is 0 Å². The first kappa shape index (κ1) is 13.1. The predicted octanol–water partition coefficient (Wildman–Crippen LogP) is 2.87. The third kappa shape index (κ3) is 2.90. The molecule has 0 unspecified atom stereocenters. The fraction of sp³-hybridized carbons (Fsp3) is 0.0769. The van der Waals surface area contributed by atoms with Crippen LogP contribution >= 0.6 is 0 Å². The standard InChI is InChI=1S/C13H9F3N2O/c14-13(15,16)9-4-1-3-8(7-9)10-5-2-6-11(18-10)12(17)19/h1-7H,(H2,17,19). The molecule has 0 aliphatic carbocycles. The molecule has 2 N–H and O–H groups in total. The van der Waals surface area contributed by atoms with Crippen LogP contribution in [0.1, 0.15) is 16.1 Å². The van der Waals surface area contributed by atoms with Crippen LogP contribution in [0.15, 0.2) is 42.5 Å². The molecule has 0 bridgehead atoms. The lowest BCUT2D eigenvalue weighted by Gasteiger charge is -2.08. The van der Waals surface area contributed by atoms with Crippen molar-refractivity contribution < 1.29 is 18.0 Å². The van der Waals surface area contributed by atoms with Crippen molar-refractivity contribution in [3.63, 3.8) is 0 Å². The number of rotatable bonds is 2. The molecule has 0 aliphatic rings. The van der Waals surface area contributed by atoms with Crippen LogP contribution in [0.25, 0.3) is 11.3 Å². The van der Waals surface area contributed by atoms with Crippen LogP contribution in [-0.2, 0) is 6.18 Å². The van der Waals surface area contributed by atoms with Gasteiger partial charge in [-0.1, -0.05) is 18.2 Å². The van der Waals surface area contributed by atoms with Crippen molar-refractivity contribution in [1.82, 2.24) is 4.98 Å². The lowest BCUT2D eigenvalue weighted by Crippen LogP contribution is -2.13. The number of carbonyl (C=O) groups excluding carboxylic acids is 1. The average molecular weight is 266 g/mol. The minimum atomic E-state index is -4.42. The van der Waals surface area contributed by atoms with Gasteiger partial charge in [-0.15, -0.1) is 0 Å². The molecule has 0 aliphatic heterocycles. The van der Waals surface area contributed by atoms with Crippen molar-refractivity contribution in [2.45, 2.75) is 6.18 Å². The maximum Gasteiger partial charge on any atom is 0.416 e. The van der Waals surface area contributed by atoms with E-state index in [0.717, 1.165) is 12.1 Å². The molecule has 2 rings (SSSR count). The van der Waals surface area contributed by atoms with Gasteiger partial charge in [0.2, 0.25) is 0 Å². The highest BCUT2D eigenvalue weighted by molar-refractivity contribution is 5.91. The second-order valence-electron chi connectivity index (χ2n) is 3.85. The van der Waals surface area contributed by atoms with Gasteiger partial charge in [0.05, 0.1) is 11.3 Å². The average Bonchev–Trinajstić information content (AvgIpc) is 2.38. The van der Waals surface area contributed by atoms with E-state index in [9.17, 15) is 18.0 Å². The van der Waals surface area contributed by atoms with Crippen LogP contribution < -0.4 is 5.73 Å². The minimum absolute atomic E-state index is 0.00918. The van der Waals surface area contributed by atoms with Crippen LogP contribution in [0.4, 0.5) is 13.2 Å². The van der Waals surface area contributed by atoms with Crippen molar-refractivity contribution in [3.05, 3.63) is 53.7 Å². The molecular formula is C13H9F3N2O. The number of alkyl halides is 3. The molecule has 1 aromatic carbocycles. The van der Waals surface area contributed by atoms with Gasteiger partial charge >= 0.3 is 6.18 Å². The van der Waals surface area contributed by atoms with E-state index in [0.29, 0.717) is 0 Å². The van der Waals surface area contributed by atoms with Crippen LogP contribution in [0, 0.1) is 0 Å². The van der Waals surface area contributed by atoms with E-state index in [2.05, 4.69) is 4.98 Å². The molecule has 3 nitrogen and oxygen atoms in total. The third-order valence-corrected chi connectivity index (χ3v) is 2.49. The summed E-state index contributed by atoms with van der Waals surface area (Å²) in [5, 5.41) is 0. The lowest BCUT2D eigenvalue weighted by atomic mass is 10.1. The van der Waals surface area contributed by atoms with E-state index in [1.165, 1.54) is 30.3 Å². The molecule has 19 heavy (non-hydrogen) atoms. The van der Waals surface area contributed by atoms with Crippen LogP contribution in [0.5, 0.6) is 0 Å². The van der Waals surface area contributed by atoms with Gasteiger partial charge in [-0.3, -0.25) is 4.79 Å². The number of carbonyl (C=O) groups is 1. The smallest absolute Gasteiger partial charge is 0.364 e. The molecule has 0 saturated heterocycles. The molecule has 0 saturated carbocycles. The zero-order valence-corrected chi connectivity index (χ0v) is 9.61. The normalized spacial score (nSPS) is 11.3. The number of hydrogen-bond donors (Lipinski definition) is 1. The molecule has 98 valence electrons. The van der Waals surface area contributed by atoms with E-state index < -0.39 is 17.6 Å². The molecule has 0 radical (unpaired) electrons. The summed E-state index contributed by atoms with van der Waals surface area (Å²) in [6.45, 7) is 0. The van der Waals surface area contributed by atoms with Gasteiger partial charge in [0, 0.05) is 5.56 Å². The van der Waals surface area contributed by atoms with Gasteiger partial charge < -0.3 is 5.73 Å². The molecule has 6 heteroatoms. The Morgan fingerprint density at radius 1 is 1.11 bits per heavy atom. The Morgan fingerprint density at radius 2 is 1.79 bits per heavy atom. The van der Waals surface area contributed by atoms with Crippen LogP contribution in [-0.4, -0.2) is 10.9 Å². The zero-order valence-electron chi connectivity index (χ0n) is 9.61. The van der Waals surface area contributed by atoms with Gasteiger partial charge in [0.1, 0.15) is 5.69 Å². The van der Waals surface area contributed by atoms with E-state index in [-0.39, 0.29) is 17.0 Å². The zero-order chi connectivity index (χ0) is 14.0. The first-order valence-corrected chi connectivity index (χ1v) is 5.32. The minimum Gasteiger partial charge on any atom is -0.364 e. The highest BCUT2D eigenvalue weighted by Gasteiger charge is 2.30. The summed E-state index contributed by atoms with van der Waals surface area (Å²) in [7, 11) is 0. The maximum atomic E-state index is 12.6. The quantitative estimate of drug-likeness (QED) is 0.908. The fourth-order valence-corrected chi connectivity index (χ4v) is 1.59. The first-order chi connectivity index (χ1) is 8.88. The van der Waals surface area contributed by atoms with E-state index in [1.807, 2.05) is 0 Å². The number of nitrogens with two attached hydrogens (primary N) is 1. The summed E-state index contributed by atoms with van der Waals surface area (Å²) in [5.74, 6) is -0.728. The SMILES string of the molecule is NC(=O)c1cccc(-c2cccc(C(F)(F)F)c2)n1. The van der Waals surface area contributed by atoms with Gasteiger partial charge in [-0.25, -0.2) is 4.98 Å². The number of halogens is 3. The number of primary amides is 1. The highest BCUT2D eigenvalue weighted by atomic mass is 19.4. The van der Waals surface area contributed by atoms with Crippen molar-refractivity contribution in [1.29, 1.82) is 0 Å². The van der Waals surface area contributed by atoms with Crippen molar-refractivity contribution in [2.24, 2.45) is 5.73 Å². The first-order valence-electron chi connectivity index (χ1n) is 5.32. The molecule has 2 aromatic rings. The summed E-state index contributed by atoms with van der Waals surface area (Å²) in [5.41, 5.74) is 4.86. The molecule has 1 heterocycles. The Hall–Kier alpha value is -2.37. The van der Waals surface area contributed by atoms with E-state index in [1.54, 1.807) is 0 Å². The van der Waals surface area contributed by atoms with Gasteiger partial charge in [0.25, 0.3) is 5.91 Å². The van der Waals surface area contributed by atoms with Gasteiger partial charge in [-0.2, -0.15) is 13.2 Å². The molecule has 0 spiro atoms. The molecule has 0 fully saturated rings. The highest BCUT2D eigenvalue weighted by Crippen LogP contribution is 2.31. The Morgan fingerprint density at radius 3 is 2.42 bits per heavy atom. The van der Waals surface area contributed by atoms with E-state index in [4.69, 9.17) is 5.73 Å². The summed E-state index contributed by atoms with van der Waals surface area (Å²) in [6, 6.07) is 9.16. The van der Waals surface area contributed by atoms with Crippen molar-refractivity contribution in [2.75, 3.05) is 0 Å². The molecule has 1 aromatic heterocycles. The number of nitrogens with zero attached hydrogens (tertiary/aromatic N) is 1. The van der Waals surface area contributed by atoms with Crippen molar-refractivity contribution in [3.8, 4) is 11.3 Å². The summed E-state index contributed by atoms with van der Waals surface area (Å²) < 4.78 is 37.8. The summed E-state index contributed by atoms with van der Waals surface area (Å²) >= 11 is 0. The summed E-state index contributed by atoms with van der Waals surface area (Å²) in [6.07, 6.45) is -4.42. The number of aromatic nitrogens is 1. The Bertz CT molecular complexity index is 623. The lowest BCUT2D eigenvalue weighted by molar-refractivity contribution is -0.137. The van der Waals surface area contributed by atoms with Gasteiger partial charge in [-0.05, 0) is 24.3 Å². The Balaban J connectivity index is 2.48. The predicted molar refractivity (Wildman–Crippen MR) is 63.2 cm³/mol. The number of pyridine rings is 1. The Kier molecular flexibility index (Phi) is 3.25. The molecular weight excluding hydrogens is 257 g/mol. The van der Waals surface area contributed by atoms with E-state index >= 15 is 0 Å². The number of amides is 1. The topological polar surface area (TPSA) is 56.0 Å². The largest absolute Gasteiger partial charge is 0.416 e. The monoisotopic (exact) mass is 266 g/mol. The second-order valence-corrected chi connectivity index (χ2v) is 3.85. The molecule has 1 amide bonds. The van der Waals surface area contributed by atoms with Crippen LogP contribution in [0.3, 0.4) is 0 Å². The number of benzene rings is 1. The maximum absolute atomic E-state index is 12.6. The second kappa shape index (κ2) is 4.72. The third-order valence-electron chi connectivity index (χ3n) is 2.49. The van der Waals surface area contributed by atoms with Gasteiger partial charge in [0.15, 0.2) is 0 Å². The number of hydrogen-bond acceptors (Lipinski definition) is 2. The fourth-order valence-electron chi connectivity index (χ4n) is 1.59. The van der Waals surface area contributed by atoms with Crippen molar-refractivity contribution >= 4 is 5.91 Å².